The van der Waals surface area contributed by atoms with Crippen molar-refractivity contribution in [3.05, 3.63) is 94.4 Å². The van der Waals surface area contributed by atoms with Crippen LogP contribution in [-0.4, -0.2) is 28.5 Å². The number of hydrogen-bond acceptors (Lipinski definition) is 5. The van der Waals surface area contributed by atoms with Crippen molar-refractivity contribution in [2.24, 2.45) is 17.8 Å². The largest absolute Gasteiger partial charge is 0.505 e. The molecular formula is C29H22FNO5. The maximum Gasteiger partial charge on any atom is 0.238 e. The molecule has 2 aromatic carbocycles. The summed E-state index contributed by atoms with van der Waals surface area (Å²) in [6, 6.07) is 12.7. The number of aromatic hydroxyl groups is 1. The molecule has 1 heterocycles. The average molecular weight is 483 g/mol. The summed E-state index contributed by atoms with van der Waals surface area (Å²) in [5.74, 6) is -5.04. The van der Waals surface area contributed by atoms with Crippen molar-refractivity contribution in [1.29, 1.82) is 0 Å². The molecule has 6 nitrogen and oxygen atoms in total. The van der Waals surface area contributed by atoms with Gasteiger partial charge in [-0.2, -0.15) is 0 Å². The number of hydrogen-bond donors (Lipinski definition) is 1. The number of ketones is 2. The number of benzene rings is 2. The van der Waals surface area contributed by atoms with Gasteiger partial charge in [0.1, 0.15) is 0 Å². The molecule has 2 amide bonds. The van der Waals surface area contributed by atoms with E-state index in [1.165, 1.54) is 29.2 Å². The van der Waals surface area contributed by atoms with Gasteiger partial charge in [-0.25, -0.2) is 4.39 Å². The highest BCUT2D eigenvalue weighted by atomic mass is 19.1. The lowest BCUT2D eigenvalue weighted by molar-refractivity contribution is -0.123. The van der Waals surface area contributed by atoms with Crippen molar-refractivity contribution >= 4 is 29.1 Å². The van der Waals surface area contributed by atoms with Crippen molar-refractivity contribution in [3.8, 4) is 5.75 Å². The lowest BCUT2D eigenvalue weighted by Crippen LogP contribution is -2.39. The Labute approximate surface area is 206 Å². The summed E-state index contributed by atoms with van der Waals surface area (Å²) in [5, 5.41) is 9.75. The molecule has 3 aliphatic carbocycles. The van der Waals surface area contributed by atoms with E-state index in [2.05, 4.69) is 0 Å². The third-order valence-electron chi connectivity index (χ3n) is 7.88. The molecular weight excluding hydrogens is 461 g/mol. The number of carbonyl (C=O) groups excluding carboxylic acids is 4. The number of imide groups is 1. The third-order valence-corrected chi connectivity index (χ3v) is 7.88. The van der Waals surface area contributed by atoms with Gasteiger partial charge in [0.2, 0.25) is 11.8 Å². The van der Waals surface area contributed by atoms with Crippen molar-refractivity contribution in [1.82, 2.24) is 0 Å². The van der Waals surface area contributed by atoms with Crippen LogP contribution in [0.5, 0.6) is 5.75 Å². The number of nitrogens with zero attached hydrogens (tertiary/aromatic N) is 1. The van der Waals surface area contributed by atoms with Crippen LogP contribution in [0.15, 0.2) is 83.0 Å². The van der Waals surface area contributed by atoms with Gasteiger partial charge in [-0.15, -0.1) is 0 Å². The van der Waals surface area contributed by atoms with Crippen LogP contribution in [0.2, 0.25) is 0 Å². The number of para-hydroxylation sites is 1. The number of phenols is 1. The zero-order valence-electron chi connectivity index (χ0n) is 19.4. The van der Waals surface area contributed by atoms with E-state index in [1.54, 1.807) is 37.3 Å². The fourth-order valence-corrected chi connectivity index (χ4v) is 6.27. The Bertz CT molecular complexity index is 1470. The summed E-state index contributed by atoms with van der Waals surface area (Å²) in [5.41, 5.74) is 2.57. The zero-order valence-corrected chi connectivity index (χ0v) is 19.4. The van der Waals surface area contributed by atoms with Crippen LogP contribution in [0.1, 0.15) is 31.2 Å². The van der Waals surface area contributed by atoms with Gasteiger partial charge >= 0.3 is 0 Å². The monoisotopic (exact) mass is 483 g/mol. The second-order valence-corrected chi connectivity index (χ2v) is 9.79. The van der Waals surface area contributed by atoms with Crippen molar-refractivity contribution in [2.75, 3.05) is 4.90 Å². The number of rotatable bonds is 2. The third kappa shape index (κ3) is 3.08. The number of allylic oxidation sites excluding steroid dienone is 6. The van der Waals surface area contributed by atoms with Crippen LogP contribution in [0.4, 0.5) is 10.1 Å². The predicted molar refractivity (Wildman–Crippen MR) is 128 cm³/mol. The fraction of sp³-hybridized carbons (Fsp3) is 0.241. The highest BCUT2D eigenvalue weighted by Crippen LogP contribution is 2.55. The van der Waals surface area contributed by atoms with E-state index in [9.17, 15) is 28.7 Å². The number of amides is 2. The van der Waals surface area contributed by atoms with Gasteiger partial charge in [0.25, 0.3) is 0 Å². The molecule has 0 bridgehead atoms. The maximum atomic E-state index is 14.4. The molecule has 6 rings (SSSR count). The molecule has 0 aromatic heterocycles. The van der Waals surface area contributed by atoms with Crippen LogP contribution < -0.4 is 4.90 Å². The highest BCUT2D eigenvalue weighted by Gasteiger charge is 2.56. The first-order valence-electron chi connectivity index (χ1n) is 11.9. The Morgan fingerprint density at radius 3 is 2.44 bits per heavy atom. The summed E-state index contributed by atoms with van der Waals surface area (Å²) in [6.07, 6.45) is 3.66. The Balaban J connectivity index is 1.50. The van der Waals surface area contributed by atoms with E-state index >= 15 is 0 Å². The van der Waals surface area contributed by atoms with Gasteiger partial charge in [0.15, 0.2) is 23.1 Å². The van der Waals surface area contributed by atoms with Crippen LogP contribution >= 0.6 is 0 Å². The molecule has 36 heavy (non-hydrogen) atoms. The first-order chi connectivity index (χ1) is 17.3. The minimum atomic E-state index is -0.838. The normalized spacial score (nSPS) is 27.4. The number of halogens is 1. The van der Waals surface area contributed by atoms with Gasteiger partial charge in [0, 0.05) is 22.6 Å². The highest BCUT2D eigenvalue weighted by molar-refractivity contribution is 6.25. The molecule has 2 aromatic rings. The lowest BCUT2D eigenvalue weighted by Gasteiger charge is -2.42. The van der Waals surface area contributed by atoms with Gasteiger partial charge < -0.3 is 5.11 Å². The molecule has 4 atom stereocenters. The molecule has 180 valence electrons. The van der Waals surface area contributed by atoms with Gasteiger partial charge in [-0.1, -0.05) is 35.9 Å². The fourth-order valence-electron chi connectivity index (χ4n) is 6.27. The summed E-state index contributed by atoms with van der Waals surface area (Å²) < 4.78 is 14.4. The number of carbonyl (C=O) groups is 4. The summed E-state index contributed by atoms with van der Waals surface area (Å²) in [7, 11) is 0. The number of Topliss-reactive ketones (excluding diaryl/α,β-unsaturated/α-hetero) is 1. The van der Waals surface area contributed by atoms with E-state index < -0.39 is 35.2 Å². The molecule has 0 radical (unpaired) electrons. The number of phenolic OH excluding ortho intramolecular Hbond substituents is 1. The van der Waals surface area contributed by atoms with E-state index in [4.69, 9.17) is 0 Å². The molecule has 1 aliphatic heterocycles. The first kappa shape index (κ1) is 22.3. The second-order valence-electron chi connectivity index (χ2n) is 9.79. The molecule has 0 spiro atoms. The molecule has 7 heteroatoms. The van der Waals surface area contributed by atoms with Crippen LogP contribution in [0.25, 0.3) is 0 Å². The molecule has 4 aliphatic rings. The van der Waals surface area contributed by atoms with Crippen LogP contribution in [0, 0.1) is 23.6 Å². The van der Waals surface area contributed by atoms with E-state index in [0.717, 1.165) is 5.57 Å². The van der Waals surface area contributed by atoms with Gasteiger partial charge in [0.05, 0.1) is 17.5 Å². The molecule has 0 saturated carbocycles. The van der Waals surface area contributed by atoms with Crippen molar-refractivity contribution in [2.45, 2.75) is 25.7 Å². The average Bonchev–Trinajstić information content (AvgIpc) is 3.13. The van der Waals surface area contributed by atoms with Gasteiger partial charge in [-0.3, -0.25) is 24.1 Å². The van der Waals surface area contributed by atoms with E-state index in [0.29, 0.717) is 34.4 Å². The summed E-state index contributed by atoms with van der Waals surface area (Å²) in [6.45, 7) is 1.58. The van der Waals surface area contributed by atoms with Gasteiger partial charge in [-0.05, 0) is 61.6 Å². The van der Waals surface area contributed by atoms with E-state index in [-0.39, 0.29) is 29.8 Å². The van der Waals surface area contributed by atoms with Crippen LogP contribution in [0.3, 0.4) is 0 Å². The number of anilines is 1. The van der Waals surface area contributed by atoms with E-state index in [1.807, 2.05) is 6.08 Å². The minimum absolute atomic E-state index is 0.162. The minimum Gasteiger partial charge on any atom is -0.505 e. The maximum absolute atomic E-state index is 14.4. The first-order valence-corrected chi connectivity index (χ1v) is 11.9. The topological polar surface area (TPSA) is 91.8 Å². The van der Waals surface area contributed by atoms with Crippen molar-refractivity contribution in [3.63, 3.8) is 0 Å². The zero-order chi connectivity index (χ0) is 25.3. The van der Waals surface area contributed by atoms with Crippen molar-refractivity contribution < 1.29 is 28.7 Å². The molecule has 1 saturated heterocycles. The summed E-state index contributed by atoms with van der Waals surface area (Å²) >= 11 is 0. The SMILES string of the molecule is CC1=CC(=O)C2=C(C1=O)C(c1ccc(O)c(F)c1)C1=CCC3C(=O)N(c4ccccc4)C(=O)C3C1C2. The Kier molecular flexibility index (Phi) is 4.93. The smallest absolute Gasteiger partial charge is 0.238 e. The Morgan fingerprint density at radius 1 is 0.972 bits per heavy atom. The second kappa shape index (κ2) is 7.95. The Morgan fingerprint density at radius 2 is 1.72 bits per heavy atom. The predicted octanol–water partition coefficient (Wildman–Crippen LogP) is 4.17. The number of fused-ring (bicyclic) bond motifs is 3. The standard InChI is InChI=1S/C29H22FNO5/c1-14-11-23(33)20-13-19-17(24(26(20)27(14)34)15-7-10-22(32)21(30)12-15)8-9-18-25(19)29(36)31(28(18)35)16-5-3-2-4-6-16/h2-8,10-12,18-19,24-25,32H,9,13H2,1H3. The van der Waals surface area contributed by atoms with Crippen LogP contribution in [-0.2, 0) is 19.2 Å². The molecule has 4 unspecified atom stereocenters. The summed E-state index contributed by atoms with van der Waals surface area (Å²) in [4.78, 5) is 54.7. The molecule has 1 fully saturated rings. The molecule has 1 N–H and O–H groups in total. The Hall–Kier alpha value is -4.13. The lowest BCUT2D eigenvalue weighted by atomic mass is 9.59. The quantitative estimate of drug-likeness (QED) is 0.393.